The molecule has 0 radical (unpaired) electrons. The van der Waals surface area contributed by atoms with Crippen molar-refractivity contribution in [2.75, 3.05) is 11.6 Å². The molecule has 1 N–H and O–H groups in total. The van der Waals surface area contributed by atoms with Gasteiger partial charge in [0.15, 0.2) is 5.16 Å². The summed E-state index contributed by atoms with van der Waals surface area (Å²) < 4.78 is 13.0. The first-order chi connectivity index (χ1) is 11.7. The fourth-order valence-corrected chi connectivity index (χ4v) is 2.52. The Morgan fingerprint density at radius 2 is 1.79 bits per heavy atom. The summed E-state index contributed by atoms with van der Waals surface area (Å²) in [7, 11) is 0. The number of carbonyl (C=O) groups excluding carboxylic acids is 1. The first-order valence-electron chi connectivity index (χ1n) is 7.21. The normalized spacial score (nSPS) is 10.4. The summed E-state index contributed by atoms with van der Waals surface area (Å²) in [4.78, 5) is 21.3. The zero-order chi connectivity index (χ0) is 16.9. The quantitative estimate of drug-likeness (QED) is 0.570. The van der Waals surface area contributed by atoms with E-state index in [9.17, 15) is 9.18 Å². The predicted molar refractivity (Wildman–Crippen MR) is 93.6 cm³/mol. The van der Waals surface area contributed by atoms with Crippen LogP contribution in [0, 0.1) is 5.82 Å². The number of aromatic nitrogens is 2. The maximum atomic E-state index is 13.0. The first-order valence-corrected chi connectivity index (χ1v) is 8.43. The molecule has 1 heterocycles. The van der Waals surface area contributed by atoms with Crippen LogP contribution >= 0.6 is 11.8 Å². The van der Waals surface area contributed by atoms with Crippen molar-refractivity contribution in [1.82, 2.24) is 9.97 Å². The van der Waals surface area contributed by atoms with Gasteiger partial charge in [0.1, 0.15) is 5.82 Å². The molecule has 1 amide bonds. The Bertz CT molecular complexity index is 854. The number of halogens is 1. The molecule has 0 bridgehead atoms. The van der Waals surface area contributed by atoms with Gasteiger partial charge < -0.3 is 5.32 Å². The highest BCUT2D eigenvalue weighted by atomic mass is 32.2. The highest BCUT2D eigenvalue weighted by Gasteiger charge is 2.16. The maximum absolute atomic E-state index is 13.0. The number of amides is 1. The largest absolute Gasteiger partial charge is 0.322 e. The molecule has 6 heteroatoms. The lowest BCUT2D eigenvalue weighted by Crippen LogP contribution is -2.14. The minimum atomic E-state index is -0.356. The monoisotopic (exact) mass is 339 g/mol. The Balaban J connectivity index is 1.97. The number of hydrogen-bond acceptors (Lipinski definition) is 4. The Hall–Kier alpha value is -2.73. The van der Waals surface area contributed by atoms with Gasteiger partial charge in [0, 0.05) is 17.4 Å². The van der Waals surface area contributed by atoms with Crippen molar-refractivity contribution in [1.29, 1.82) is 0 Å². The van der Waals surface area contributed by atoms with Crippen LogP contribution in [-0.2, 0) is 0 Å². The molecule has 0 atom stereocenters. The van der Waals surface area contributed by atoms with Crippen LogP contribution in [0.5, 0.6) is 0 Å². The molecule has 0 saturated heterocycles. The number of nitrogens with zero attached hydrogens (tertiary/aromatic N) is 2. The second-order valence-electron chi connectivity index (χ2n) is 4.95. The Morgan fingerprint density at radius 3 is 2.46 bits per heavy atom. The number of anilines is 1. The van der Waals surface area contributed by atoms with Gasteiger partial charge in [0.25, 0.3) is 5.91 Å². The zero-order valence-electron chi connectivity index (χ0n) is 12.9. The SMILES string of the molecule is CSc1ncc(C(=O)Nc2ccc(F)cc2)c(-c2ccccc2)n1. The van der Waals surface area contributed by atoms with Gasteiger partial charge in [-0.25, -0.2) is 14.4 Å². The standard InChI is InChI=1S/C18H14FN3OS/c1-24-18-20-11-15(16(22-18)12-5-3-2-4-6-12)17(23)21-14-9-7-13(19)8-10-14/h2-11H,1H3,(H,21,23). The highest BCUT2D eigenvalue weighted by Crippen LogP contribution is 2.24. The molecule has 4 nitrogen and oxygen atoms in total. The van der Waals surface area contributed by atoms with Gasteiger partial charge in [-0.2, -0.15) is 0 Å². The number of thioether (sulfide) groups is 1. The van der Waals surface area contributed by atoms with Crippen molar-refractivity contribution in [3.63, 3.8) is 0 Å². The molecule has 120 valence electrons. The van der Waals surface area contributed by atoms with Gasteiger partial charge in [-0.15, -0.1) is 0 Å². The molecular weight excluding hydrogens is 325 g/mol. The van der Waals surface area contributed by atoms with Gasteiger partial charge in [-0.05, 0) is 30.5 Å². The summed E-state index contributed by atoms with van der Waals surface area (Å²) in [5.41, 5.74) is 2.27. The smallest absolute Gasteiger partial charge is 0.259 e. The summed E-state index contributed by atoms with van der Waals surface area (Å²) >= 11 is 1.41. The lowest BCUT2D eigenvalue weighted by atomic mass is 10.1. The molecule has 0 unspecified atom stereocenters. The topological polar surface area (TPSA) is 54.9 Å². The van der Waals surface area contributed by atoms with E-state index in [4.69, 9.17) is 0 Å². The molecule has 0 aliphatic rings. The molecule has 0 saturated carbocycles. The minimum absolute atomic E-state index is 0.340. The van der Waals surface area contributed by atoms with E-state index in [1.165, 1.54) is 42.2 Å². The molecule has 3 aromatic rings. The second-order valence-corrected chi connectivity index (χ2v) is 5.72. The first kappa shape index (κ1) is 16.1. The van der Waals surface area contributed by atoms with Crippen molar-refractivity contribution in [3.05, 3.63) is 72.2 Å². The molecular formula is C18H14FN3OS. The van der Waals surface area contributed by atoms with E-state index in [1.807, 2.05) is 36.6 Å². The zero-order valence-corrected chi connectivity index (χ0v) is 13.7. The van der Waals surface area contributed by atoms with E-state index >= 15 is 0 Å². The number of hydrogen-bond donors (Lipinski definition) is 1. The Labute approximate surface area is 143 Å². The average molecular weight is 339 g/mol. The van der Waals surface area contributed by atoms with Gasteiger partial charge in [0.2, 0.25) is 0 Å². The number of nitrogens with one attached hydrogen (secondary N) is 1. The van der Waals surface area contributed by atoms with Crippen LogP contribution in [0.2, 0.25) is 0 Å². The van der Waals surface area contributed by atoms with Gasteiger partial charge in [0.05, 0.1) is 11.3 Å². The molecule has 3 rings (SSSR count). The van der Waals surface area contributed by atoms with Crippen molar-refractivity contribution < 1.29 is 9.18 Å². The molecule has 24 heavy (non-hydrogen) atoms. The molecule has 2 aromatic carbocycles. The van der Waals surface area contributed by atoms with Crippen LogP contribution in [0.25, 0.3) is 11.3 Å². The molecule has 1 aromatic heterocycles. The molecule has 0 fully saturated rings. The number of rotatable bonds is 4. The third-order valence-corrected chi connectivity index (χ3v) is 3.91. The van der Waals surface area contributed by atoms with E-state index < -0.39 is 0 Å². The Kier molecular flexibility index (Phi) is 4.86. The average Bonchev–Trinajstić information content (AvgIpc) is 2.63. The van der Waals surface area contributed by atoms with Crippen LogP contribution in [-0.4, -0.2) is 22.1 Å². The molecule has 0 spiro atoms. The minimum Gasteiger partial charge on any atom is -0.322 e. The number of benzene rings is 2. The van der Waals surface area contributed by atoms with E-state index in [-0.39, 0.29) is 11.7 Å². The van der Waals surface area contributed by atoms with E-state index in [2.05, 4.69) is 15.3 Å². The lowest BCUT2D eigenvalue weighted by Gasteiger charge is -2.10. The summed E-state index contributed by atoms with van der Waals surface area (Å²) in [5, 5.41) is 3.33. The van der Waals surface area contributed by atoms with Crippen molar-refractivity contribution in [2.45, 2.75) is 5.16 Å². The third kappa shape index (κ3) is 3.60. The summed E-state index contributed by atoms with van der Waals surface area (Å²) in [6.45, 7) is 0. The van der Waals surface area contributed by atoms with Gasteiger partial charge in [-0.3, -0.25) is 4.79 Å². The summed E-state index contributed by atoms with van der Waals surface area (Å²) in [5.74, 6) is -0.696. The van der Waals surface area contributed by atoms with E-state index in [0.717, 1.165) is 5.56 Å². The van der Waals surface area contributed by atoms with Crippen LogP contribution < -0.4 is 5.32 Å². The van der Waals surface area contributed by atoms with Gasteiger partial charge in [-0.1, -0.05) is 42.1 Å². The summed E-state index contributed by atoms with van der Waals surface area (Å²) in [6.07, 6.45) is 3.39. The number of carbonyl (C=O) groups is 1. The van der Waals surface area contributed by atoms with Crippen LogP contribution in [0.3, 0.4) is 0 Å². The Morgan fingerprint density at radius 1 is 1.08 bits per heavy atom. The van der Waals surface area contributed by atoms with E-state index in [1.54, 1.807) is 0 Å². The lowest BCUT2D eigenvalue weighted by molar-refractivity contribution is 0.102. The second kappa shape index (κ2) is 7.23. The summed E-state index contributed by atoms with van der Waals surface area (Å²) in [6, 6.07) is 15.1. The molecule has 0 aliphatic heterocycles. The maximum Gasteiger partial charge on any atom is 0.259 e. The van der Waals surface area contributed by atoms with Crippen LogP contribution in [0.15, 0.2) is 66.0 Å². The predicted octanol–water partition coefficient (Wildman–Crippen LogP) is 4.26. The van der Waals surface area contributed by atoms with Crippen molar-refractivity contribution in [3.8, 4) is 11.3 Å². The third-order valence-electron chi connectivity index (χ3n) is 3.34. The van der Waals surface area contributed by atoms with E-state index in [0.29, 0.717) is 22.1 Å². The van der Waals surface area contributed by atoms with Crippen LogP contribution in [0.4, 0.5) is 10.1 Å². The fraction of sp³-hybridized carbons (Fsp3) is 0.0556. The van der Waals surface area contributed by atoms with Gasteiger partial charge >= 0.3 is 0 Å². The van der Waals surface area contributed by atoms with Crippen molar-refractivity contribution >= 4 is 23.4 Å². The fourth-order valence-electron chi connectivity index (χ4n) is 2.18. The molecule has 0 aliphatic carbocycles. The van der Waals surface area contributed by atoms with Crippen LogP contribution in [0.1, 0.15) is 10.4 Å². The highest BCUT2D eigenvalue weighted by molar-refractivity contribution is 7.98. The van der Waals surface area contributed by atoms with Crippen molar-refractivity contribution in [2.24, 2.45) is 0 Å².